The number of amides is 1. The Labute approximate surface area is 119 Å². The quantitative estimate of drug-likeness (QED) is 0.845. The zero-order valence-corrected chi connectivity index (χ0v) is 12.2. The molecule has 2 heterocycles. The summed E-state index contributed by atoms with van der Waals surface area (Å²) in [4.78, 5) is 20.3. The number of hydrogen-bond donors (Lipinski definition) is 2. The molecule has 0 saturated carbocycles. The second-order valence-corrected chi connectivity index (χ2v) is 5.28. The van der Waals surface area contributed by atoms with E-state index >= 15 is 0 Å². The maximum atomic E-state index is 11.6. The number of nitrogens with zero attached hydrogens (tertiary/aromatic N) is 3. The van der Waals surface area contributed by atoms with Gasteiger partial charge < -0.3 is 21.3 Å². The van der Waals surface area contributed by atoms with Crippen LogP contribution in [0.15, 0.2) is 12.3 Å². The van der Waals surface area contributed by atoms with Gasteiger partial charge in [0.2, 0.25) is 0 Å². The number of rotatable bonds is 4. The summed E-state index contributed by atoms with van der Waals surface area (Å²) in [6.07, 6.45) is 3.70. The molecule has 1 amide bonds. The standard InChI is InChI=1S/C14H23N5O/c1-3-19-6-4-11(5-7-19)18(2)14-12(13(16)20)8-10(15)9-17-14/h8-9,11H,3-7,15H2,1-2H3,(H2,16,20). The Hall–Kier alpha value is -1.82. The second kappa shape index (κ2) is 6.09. The fourth-order valence-electron chi connectivity index (χ4n) is 2.73. The summed E-state index contributed by atoms with van der Waals surface area (Å²) < 4.78 is 0. The van der Waals surface area contributed by atoms with Crippen LogP contribution < -0.4 is 16.4 Å². The van der Waals surface area contributed by atoms with E-state index in [4.69, 9.17) is 11.5 Å². The fraction of sp³-hybridized carbons (Fsp3) is 0.571. The lowest BCUT2D eigenvalue weighted by Gasteiger charge is -2.37. The first-order valence-electron chi connectivity index (χ1n) is 7.03. The predicted octanol–water partition coefficient (Wildman–Crippen LogP) is 0.683. The molecular formula is C14H23N5O. The number of likely N-dealkylation sites (tertiary alicyclic amines) is 1. The van der Waals surface area contributed by atoms with Crippen molar-refractivity contribution in [3.8, 4) is 0 Å². The lowest BCUT2D eigenvalue weighted by molar-refractivity contribution is 0.100. The van der Waals surface area contributed by atoms with Gasteiger partial charge in [-0.15, -0.1) is 0 Å². The molecule has 1 aliphatic rings. The third kappa shape index (κ3) is 3.01. The van der Waals surface area contributed by atoms with Crippen molar-refractivity contribution in [1.82, 2.24) is 9.88 Å². The lowest BCUT2D eigenvalue weighted by Crippen LogP contribution is -2.44. The zero-order chi connectivity index (χ0) is 14.7. The highest BCUT2D eigenvalue weighted by molar-refractivity contribution is 5.98. The Morgan fingerprint density at radius 1 is 1.50 bits per heavy atom. The number of piperidine rings is 1. The Morgan fingerprint density at radius 2 is 2.15 bits per heavy atom. The van der Waals surface area contributed by atoms with E-state index in [0.717, 1.165) is 32.5 Å². The van der Waals surface area contributed by atoms with Gasteiger partial charge in [-0.25, -0.2) is 4.98 Å². The number of carbonyl (C=O) groups excluding carboxylic acids is 1. The van der Waals surface area contributed by atoms with Crippen LogP contribution in [0.5, 0.6) is 0 Å². The highest BCUT2D eigenvalue weighted by atomic mass is 16.1. The van der Waals surface area contributed by atoms with Crippen molar-refractivity contribution in [3.63, 3.8) is 0 Å². The lowest BCUT2D eigenvalue weighted by atomic mass is 10.0. The van der Waals surface area contributed by atoms with Gasteiger partial charge in [-0.1, -0.05) is 6.92 Å². The van der Waals surface area contributed by atoms with Gasteiger partial charge in [0.05, 0.1) is 17.4 Å². The minimum absolute atomic E-state index is 0.382. The van der Waals surface area contributed by atoms with E-state index in [-0.39, 0.29) is 0 Å². The molecule has 1 fully saturated rings. The van der Waals surface area contributed by atoms with Crippen molar-refractivity contribution in [1.29, 1.82) is 0 Å². The van der Waals surface area contributed by atoms with Gasteiger partial charge in [-0.3, -0.25) is 4.79 Å². The normalized spacial score (nSPS) is 17.1. The molecular weight excluding hydrogens is 254 g/mol. The summed E-state index contributed by atoms with van der Waals surface area (Å²) in [6.45, 7) is 5.42. The van der Waals surface area contributed by atoms with Crippen LogP contribution in [0.3, 0.4) is 0 Å². The summed E-state index contributed by atoms with van der Waals surface area (Å²) in [5.74, 6) is 0.138. The molecule has 0 radical (unpaired) electrons. The molecule has 0 unspecified atom stereocenters. The van der Waals surface area contributed by atoms with E-state index in [0.29, 0.717) is 23.1 Å². The molecule has 0 atom stereocenters. The molecule has 6 nitrogen and oxygen atoms in total. The Balaban J connectivity index is 2.17. The number of hydrogen-bond acceptors (Lipinski definition) is 5. The van der Waals surface area contributed by atoms with Crippen LogP contribution in [0.25, 0.3) is 0 Å². The summed E-state index contributed by atoms with van der Waals surface area (Å²) in [5, 5.41) is 0. The highest BCUT2D eigenvalue weighted by Gasteiger charge is 2.25. The van der Waals surface area contributed by atoms with Crippen molar-refractivity contribution < 1.29 is 4.79 Å². The average molecular weight is 277 g/mol. The third-order valence-corrected chi connectivity index (χ3v) is 4.04. The van der Waals surface area contributed by atoms with Crippen LogP contribution in [0.4, 0.5) is 11.5 Å². The number of nitrogens with two attached hydrogens (primary N) is 2. The molecule has 6 heteroatoms. The summed E-state index contributed by atoms with van der Waals surface area (Å²) in [6, 6.07) is 1.98. The highest BCUT2D eigenvalue weighted by Crippen LogP contribution is 2.24. The van der Waals surface area contributed by atoms with Gasteiger partial charge in [0.25, 0.3) is 5.91 Å². The number of nitrogen functional groups attached to an aromatic ring is 1. The monoisotopic (exact) mass is 277 g/mol. The predicted molar refractivity (Wildman–Crippen MR) is 80.7 cm³/mol. The van der Waals surface area contributed by atoms with Crippen molar-refractivity contribution in [3.05, 3.63) is 17.8 Å². The van der Waals surface area contributed by atoms with Gasteiger partial charge in [-0.2, -0.15) is 0 Å². The van der Waals surface area contributed by atoms with Crippen LogP contribution >= 0.6 is 0 Å². The zero-order valence-electron chi connectivity index (χ0n) is 12.2. The summed E-state index contributed by atoms with van der Waals surface area (Å²) >= 11 is 0. The van der Waals surface area contributed by atoms with Gasteiger partial charge in [0.15, 0.2) is 0 Å². The Bertz CT molecular complexity index is 482. The van der Waals surface area contributed by atoms with Crippen molar-refractivity contribution in [2.45, 2.75) is 25.8 Å². The van der Waals surface area contributed by atoms with Crippen molar-refractivity contribution >= 4 is 17.4 Å². The minimum atomic E-state index is -0.488. The van der Waals surface area contributed by atoms with Gasteiger partial charge >= 0.3 is 0 Å². The van der Waals surface area contributed by atoms with E-state index in [2.05, 4.69) is 21.7 Å². The van der Waals surface area contributed by atoms with E-state index < -0.39 is 5.91 Å². The average Bonchev–Trinajstić information content (AvgIpc) is 2.46. The molecule has 1 aromatic rings. The van der Waals surface area contributed by atoms with Crippen molar-refractivity contribution in [2.75, 3.05) is 37.3 Å². The summed E-state index contributed by atoms with van der Waals surface area (Å²) in [5.41, 5.74) is 12.0. The first-order valence-corrected chi connectivity index (χ1v) is 7.03. The molecule has 4 N–H and O–H groups in total. The maximum Gasteiger partial charge on any atom is 0.252 e. The largest absolute Gasteiger partial charge is 0.397 e. The molecule has 1 saturated heterocycles. The smallest absolute Gasteiger partial charge is 0.252 e. The van der Waals surface area contributed by atoms with Crippen LogP contribution in [-0.2, 0) is 0 Å². The SMILES string of the molecule is CCN1CCC(N(C)c2ncc(N)cc2C(N)=O)CC1. The molecule has 0 spiro atoms. The summed E-state index contributed by atoms with van der Waals surface area (Å²) in [7, 11) is 1.97. The minimum Gasteiger partial charge on any atom is -0.397 e. The fourth-order valence-corrected chi connectivity index (χ4v) is 2.73. The topological polar surface area (TPSA) is 88.5 Å². The van der Waals surface area contributed by atoms with Crippen LogP contribution in [0.2, 0.25) is 0 Å². The van der Waals surface area contributed by atoms with E-state index in [1.807, 2.05) is 7.05 Å². The number of aromatic nitrogens is 1. The molecule has 2 rings (SSSR count). The number of primary amides is 1. The van der Waals surface area contributed by atoms with E-state index in [9.17, 15) is 4.79 Å². The first kappa shape index (κ1) is 14.6. The van der Waals surface area contributed by atoms with Gasteiger partial charge in [0, 0.05) is 26.2 Å². The molecule has 0 aromatic carbocycles. The van der Waals surface area contributed by atoms with E-state index in [1.165, 1.54) is 0 Å². The number of carbonyl (C=O) groups is 1. The first-order chi connectivity index (χ1) is 9.52. The third-order valence-electron chi connectivity index (χ3n) is 4.04. The van der Waals surface area contributed by atoms with Crippen LogP contribution in [0, 0.1) is 0 Å². The van der Waals surface area contributed by atoms with Crippen LogP contribution in [0.1, 0.15) is 30.1 Å². The Kier molecular flexibility index (Phi) is 4.44. The molecule has 1 aliphatic heterocycles. The van der Waals surface area contributed by atoms with Crippen LogP contribution in [-0.4, -0.2) is 48.5 Å². The molecule has 0 bridgehead atoms. The maximum absolute atomic E-state index is 11.6. The number of pyridine rings is 1. The molecule has 110 valence electrons. The van der Waals surface area contributed by atoms with Crippen molar-refractivity contribution in [2.24, 2.45) is 5.73 Å². The Morgan fingerprint density at radius 3 is 2.70 bits per heavy atom. The van der Waals surface area contributed by atoms with Gasteiger partial charge in [0.1, 0.15) is 5.82 Å². The second-order valence-electron chi connectivity index (χ2n) is 5.28. The molecule has 20 heavy (non-hydrogen) atoms. The molecule has 0 aliphatic carbocycles. The van der Waals surface area contributed by atoms with E-state index in [1.54, 1.807) is 12.3 Å². The number of anilines is 2. The van der Waals surface area contributed by atoms with Gasteiger partial charge in [-0.05, 0) is 25.5 Å². The molecule has 1 aromatic heterocycles.